The minimum absolute atomic E-state index is 0.171. The highest BCUT2D eigenvalue weighted by molar-refractivity contribution is 6.30. The molecule has 2 nitrogen and oxygen atoms in total. The first-order valence-electron chi connectivity index (χ1n) is 4.34. The van der Waals surface area contributed by atoms with E-state index in [9.17, 15) is 0 Å². The van der Waals surface area contributed by atoms with E-state index in [1.807, 2.05) is 24.3 Å². The minimum Gasteiger partial charge on any atom is -0.396 e. The summed E-state index contributed by atoms with van der Waals surface area (Å²) in [6, 6.07) is 7.60. The van der Waals surface area contributed by atoms with Gasteiger partial charge in [0.05, 0.1) is 0 Å². The molecule has 3 N–H and O–H groups in total. The van der Waals surface area contributed by atoms with E-state index < -0.39 is 0 Å². The summed E-state index contributed by atoms with van der Waals surface area (Å²) >= 11 is 5.76. The average Bonchev–Trinajstić information content (AvgIpc) is 2.16. The van der Waals surface area contributed by atoms with Crippen molar-refractivity contribution in [2.75, 3.05) is 13.2 Å². The Bertz CT molecular complexity index is 248. The number of hydrogen-bond acceptors (Lipinski definition) is 2. The zero-order chi connectivity index (χ0) is 9.68. The molecule has 1 atom stereocenters. The molecule has 0 bridgehead atoms. The Labute approximate surface area is 83.3 Å². The lowest BCUT2D eigenvalue weighted by Crippen LogP contribution is -2.13. The van der Waals surface area contributed by atoms with Gasteiger partial charge in [-0.3, -0.25) is 0 Å². The van der Waals surface area contributed by atoms with Crippen molar-refractivity contribution < 1.29 is 5.11 Å². The highest BCUT2D eigenvalue weighted by Crippen LogP contribution is 2.20. The summed E-state index contributed by atoms with van der Waals surface area (Å²) in [5.74, 6) is 0.238. The Balaban J connectivity index is 2.73. The highest BCUT2D eigenvalue weighted by Gasteiger charge is 2.07. The Kier molecular flexibility index (Phi) is 4.22. The van der Waals surface area contributed by atoms with Crippen molar-refractivity contribution in [3.8, 4) is 0 Å². The Morgan fingerprint density at radius 3 is 2.38 bits per heavy atom. The molecule has 1 aromatic carbocycles. The highest BCUT2D eigenvalue weighted by atomic mass is 35.5. The fourth-order valence-corrected chi connectivity index (χ4v) is 1.44. The second kappa shape index (κ2) is 5.22. The molecule has 72 valence electrons. The summed E-state index contributed by atoms with van der Waals surface area (Å²) in [5, 5.41) is 9.53. The van der Waals surface area contributed by atoms with E-state index in [-0.39, 0.29) is 12.5 Å². The van der Waals surface area contributed by atoms with Gasteiger partial charge in [-0.25, -0.2) is 0 Å². The Morgan fingerprint density at radius 1 is 1.31 bits per heavy atom. The zero-order valence-electron chi connectivity index (χ0n) is 7.41. The third kappa shape index (κ3) is 2.99. The molecule has 0 amide bonds. The summed E-state index contributed by atoms with van der Waals surface area (Å²) < 4.78 is 0. The van der Waals surface area contributed by atoms with E-state index in [4.69, 9.17) is 22.4 Å². The van der Waals surface area contributed by atoms with Crippen LogP contribution in [-0.4, -0.2) is 18.3 Å². The van der Waals surface area contributed by atoms with Crippen LogP contribution in [0.3, 0.4) is 0 Å². The van der Waals surface area contributed by atoms with E-state index in [2.05, 4.69) is 0 Å². The fourth-order valence-electron chi connectivity index (χ4n) is 1.31. The topological polar surface area (TPSA) is 46.2 Å². The maximum atomic E-state index is 8.80. The molecule has 0 aromatic heterocycles. The first kappa shape index (κ1) is 10.5. The quantitative estimate of drug-likeness (QED) is 0.777. The van der Waals surface area contributed by atoms with Crippen LogP contribution in [-0.2, 0) is 0 Å². The monoisotopic (exact) mass is 199 g/mol. The zero-order valence-corrected chi connectivity index (χ0v) is 8.17. The molecular weight excluding hydrogens is 186 g/mol. The van der Waals surface area contributed by atoms with Gasteiger partial charge in [-0.2, -0.15) is 0 Å². The van der Waals surface area contributed by atoms with Gasteiger partial charge in [-0.05, 0) is 36.6 Å². The summed E-state index contributed by atoms with van der Waals surface area (Å²) in [6.45, 7) is 0.729. The van der Waals surface area contributed by atoms with Gasteiger partial charge in [0.25, 0.3) is 0 Å². The summed E-state index contributed by atoms with van der Waals surface area (Å²) in [4.78, 5) is 0. The number of aliphatic hydroxyl groups is 1. The molecule has 3 heteroatoms. The maximum absolute atomic E-state index is 8.80. The van der Waals surface area contributed by atoms with Crippen molar-refractivity contribution in [2.45, 2.75) is 12.3 Å². The van der Waals surface area contributed by atoms with E-state index in [0.717, 1.165) is 10.6 Å². The van der Waals surface area contributed by atoms with Crippen LogP contribution in [0.15, 0.2) is 24.3 Å². The van der Waals surface area contributed by atoms with E-state index in [0.29, 0.717) is 13.0 Å². The maximum Gasteiger partial charge on any atom is 0.0437 e. The Morgan fingerprint density at radius 2 is 1.92 bits per heavy atom. The number of halogens is 1. The first-order valence-corrected chi connectivity index (χ1v) is 4.72. The minimum atomic E-state index is 0.171. The normalized spacial score (nSPS) is 12.8. The number of benzene rings is 1. The van der Waals surface area contributed by atoms with Crippen LogP contribution in [0.5, 0.6) is 0 Å². The van der Waals surface area contributed by atoms with Gasteiger partial charge in [-0.1, -0.05) is 23.7 Å². The van der Waals surface area contributed by atoms with Crippen LogP contribution < -0.4 is 5.73 Å². The van der Waals surface area contributed by atoms with E-state index in [1.165, 1.54) is 0 Å². The third-order valence-electron chi connectivity index (χ3n) is 2.10. The van der Waals surface area contributed by atoms with Crippen molar-refractivity contribution in [2.24, 2.45) is 5.73 Å². The molecule has 0 aliphatic heterocycles. The summed E-state index contributed by atoms with van der Waals surface area (Å²) in [6.07, 6.45) is 0.706. The standard InChI is InChI=1S/C10H14ClNO/c11-10-3-1-8(2-4-10)9(7-12)5-6-13/h1-4,9,13H,5-7,12H2. The Hall–Kier alpha value is -0.570. The van der Waals surface area contributed by atoms with Gasteiger partial charge in [0.2, 0.25) is 0 Å². The molecule has 0 heterocycles. The van der Waals surface area contributed by atoms with E-state index >= 15 is 0 Å². The molecule has 0 radical (unpaired) electrons. The molecule has 0 aliphatic carbocycles. The molecule has 0 spiro atoms. The fraction of sp³-hybridized carbons (Fsp3) is 0.400. The van der Waals surface area contributed by atoms with Crippen LogP contribution in [0.25, 0.3) is 0 Å². The lowest BCUT2D eigenvalue weighted by atomic mass is 9.96. The lowest BCUT2D eigenvalue weighted by Gasteiger charge is -2.13. The second-order valence-corrected chi connectivity index (χ2v) is 3.43. The van der Waals surface area contributed by atoms with Gasteiger partial charge in [-0.15, -0.1) is 0 Å². The van der Waals surface area contributed by atoms with Gasteiger partial charge in [0.1, 0.15) is 0 Å². The number of aliphatic hydroxyl groups excluding tert-OH is 1. The van der Waals surface area contributed by atoms with Gasteiger partial charge in [0, 0.05) is 11.6 Å². The second-order valence-electron chi connectivity index (χ2n) is 3.00. The average molecular weight is 200 g/mol. The van der Waals surface area contributed by atoms with Crippen LogP contribution in [0.4, 0.5) is 0 Å². The van der Waals surface area contributed by atoms with E-state index in [1.54, 1.807) is 0 Å². The summed E-state index contributed by atoms with van der Waals surface area (Å²) in [7, 11) is 0. The van der Waals surface area contributed by atoms with Crippen LogP contribution in [0.2, 0.25) is 5.02 Å². The SMILES string of the molecule is NCC(CCO)c1ccc(Cl)cc1. The van der Waals surface area contributed by atoms with Gasteiger partial charge >= 0.3 is 0 Å². The van der Waals surface area contributed by atoms with Crippen LogP contribution >= 0.6 is 11.6 Å². The predicted octanol–water partition coefficient (Wildman–Crippen LogP) is 1.76. The molecule has 0 aliphatic rings. The molecular formula is C10H14ClNO. The number of nitrogens with two attached hydrogens (primary N) is 1. The van der Waals surface area contributed by atoms with Crippen molar-refractivity contribution in [1.82, 2.24) is 0 Å². The predicted molar refractivity (Wildman–Crippen MR) is 55.0 cm³/mol. The smallest absolute Gasteiger partial charge is 0.0437 e. The van der Waals surface area contributed by atoms with Crippen molar-refractivity contribution in [3.63, 3.8) is 0 Å². The molecule has 0 fully saturated rings. The third-order valence-corrected chi connectivity index (χ3v) is 2.36. The van der Waals surface area contributed by atoms with Crippen molar-refractivity contribution >= 4 is 11.6 Å². The molecule has 0 saturated carbocycles. The molecule has 0 saturated heterocycles. The van der Waals surface area contributed by atoms with Crippen LogP contribution in [0.1, 0.15) is 17.9 Å². The number of hydrogen-bond donors (Lipinski definition) is 2. The van der Waals surface area contributed by atoms with Crippen molar-refractivity contribution in [1.29, 1.82) is 0 Å². The number of rotatable bonds is 4. The lowest BCUT2D eigenvalue weighted by molar-refractivity contribution is 0.276. The first-order chi connectivity index (χ1) is 6.27. The molecule has 13 heavy (non-hydrogen) atoms. The van der Waals surface area contributed by atoms with Crippen molar-refractivity contribution in [3.05, 3.63) is 34.9 Å². The molecule has 1 rings (SSSR count). The van der Waals surface area contributed by atoms with Gasteiger partial charge in [0.15, 0.2) is 0 Å². The summed E-state index contributed by atoms with van der Waals surface area (Å²) in [5.41, 5.74) is 6.72. The largest absolute Gasteiger partial charge is 0.396 e. The molecule has 1 aromatic rings. The molecule has 1 unspecified atom stereocenters. The van der Waals surface area contributed by atoms with Crippen LogP contribution in [0, 0.1) is 0 Å². The van der Waals surface area contributed by atoms with Gasteiger partial charge < -0.3 is 10.8 Å².